The van der Waals surface area contributed by atoms with E-state index in [1.54, 1.807) is 27.7 Å². The van der Waals surface area contributed by atoms with Crippen LogP contribution in [0.5, 0.6) is 5.75 Å². The maximum absolute atomic E-state index is 14.1. The number of benzene rings is 1. The molecule has 1 amide bonds. The third-order valence-corrected chi connectivity index (χ3v) is 3.17. The Hall–Kier alpha value is -1.90. The largest absolute Gasteiger partial charge is 0.487 e. The number of hydrogen-bond donors (Lipinski definition) is 2. The van der Waals surface area contributed by atoms with E-state index < -0.39 is 46.7 Å². The van der Waals surface area contributed by atoms with E-state index in [1.165, 1.54) is 0 Å². The highest BCUT2D eigenvalue weighted by atomic mass is 79.9. The van der Waals surface area contributed by atoms with Crippen LogP contribution in [0.2, 0.25) is 0 Å². The van der Waals surface area contributed by atoms with Gasteiger partial charge in [-0.2, -0.15) is 0 Å². The second kappa shape index (κ2) is 7.78. The normalized spacial score (nSPS) is 12.5. The van der Waals surface area contributed by atoms with Crippen molar-refractivity contribution in [1.82, 2.24) is 5.32 Å². The van der Waals surface area contributed by atoms with E-state index in [1.807, 2.05) is 0 Å². The summed E-state index contributed by atoms with van der Waals surface area (Å²) < 4.78 is 37.7. The first-order valence-electron chi connectivity index (χ1n) is 6.95. The molecule has 0 saturated heterocycles. The Bertz CT molecular complexity index is 646. The fraction of sp³-hybridized carbons (Fsp3) is 0.467. The van der Waals surface area contributed by atoms with E-state index >= 15 is 0 Å². The van der Waals surface area contributed by atoms with Gasteiger partial charge in [0.2, 0.25) is 0 Å². The predicted octanol–water partition coefficient (Wildman–Crippen LogP) is 3.72. The molecule has 1 atom stereocenters. The molecular formula is C15H18BrF2NO5. The van der Waals surface area contributed by atoms with Crippen LogP contribution >= 0.6 is 15.9 Å². The molecule has 24 heavy (non-hydrogen) atoms. The summed E-state index contributed by atoms with van der Waals surface area (Å²) in [5.41, 5.74) is -1.78. The van der Waals surface area contributed by atoms with Crippen LogP contribution in [-0.2, 0) is 4.74 Å². The zero-order chi connectivity index (χ0) is 18.7. The second-order valence-corrected chi connectivity index (χ2v) is 6.88. The van der Waals surface area contributed by atoms with Crippen LogP contribution in [0.1, 0.15) is 38.1 Å². The monoisotopic (exact) mass is 409 g/mol. The number of alkyl carbamates (subject to hydrolysis) is 1. The van der Waals surface area contributed by atoms with Gasteiger partial charge in [-0.3, -0.25) is 0 Å². The molecule has 0 bridgehead atoms. The van der Waals surface area contributed by atoms with E-state index in [4.69, 9.17) is 14.6 Å². The molecule has 6 nitrogen and oxygen atoms in total. The van der Waals surface area contributed by atoms with Gasteiger partial charge in [-0.05, 0) is 49.7 Å². The molecule has 0 heterocycles. The summed E-state index contributed by atoms with van der Waals surface area (Å²) in [5.74, 6) is -4.76. The Labute approximate surface area is 146 Å². The Morgan fingerprint density at radius 3 is 2.46 bits per heavy atom. The van der Waals surface area contributed by atoms with Crippen LogP contribution in [0.3, 0.4) is 0 Å². The summed E-state index contributed by atoms with van der Waals surface area (Å²) >= 11 is 2.91. The second-order valence-electron chi connectivity index (χ2n) is 6.02. The minimum atomic E-state index is -1.75. The molecule has 1 rings (SSSR count). The summed E-state index contributed by atoms with van der Waals surface area (Å²) in [7, 11) is 0. The number of carboxylic acids is 1. The highest BCUT2D eigenvalue weighted by molar-refractivity contribution is 9.10. The molecule has 2 N–H and O–H groups in total. The minimum Gasteiger partial charge on any atom is -0.487 e. The van der Waals surface area contributed by atoms with Gasteiger partial charge in [0, 0.05) is 0 Å². The average molecular weight is 410 g/mol. The molecule has 0 radical (unpaired) electrons. The molecule has 9 heteroatoms. The number of nitrogens with one attached hydrogen (secondary N) is 1. The van der Waals surface area contributed by atoms with Crippen molar-refractivity contribution in [3.63, 3.8) is 0 Å². The van der Waals surface area contributed by atoms with Crippen molar-refractivity contribution in [2.75, 3.05) is 6.61 Å². The van der Waals surface area contributed by atoms with Crippen LogP contribution < -0.4 is 10.1 Å². The molecule has 0 saturated carbocycles. The lowest BCUT2D eigenvalue weighted by atomic mass is 10.2. The summed E-state index contributed by atoms with van der Waals surface area (Å²) in [6.45, 7) is 6.50. The zero-order valence-corrected chi connectivity index (χ0v) is 15.2. The zero-order valence-electron chi connectivity index (χ0n) is 13.6. The standard InChI is InChI=1S/C15H18BrF2NO5/c1-7(19-14(22)24-15(2,3)4)6-23-12-8(16)5-9(17)10(11(12)18)13(20)21/h5,7H,6H2,1-4H3,(H,19,22)(H,20,21)/t7-/m0/s1. The quantitative estimate of drug-likeness (QED) is 0.773. The lowest BCUT2D eigenvalue weighted by Gasteiger charge is -2.22. The molecule has 0 fully saturated rings. The van der Waals surface area contributed by atoms with E-state index in [0.717, 1.165) is 6.07 Å². The highest BCUT2D eigenvalue weighted by Crippen LogP contribution is 2.32. The molecule has 134 valence electrons. The Balaban J connectivity index is 2.79. The highest BCUT2D eigenvalue weighted by Gasteiger charge is 2.24. The molecule has 1 aromatic carbocycles. The lowest BCUT2D eigenvalue weighted by molar-refractivity contribution is 0.0493. The van der Waals surface area contributed by atoms with Crippen LogP contribution in [0, 0.1) is 11.6 Å². The van der Waals surface area contributed by atoms with Gasteiger partial charge < -0.3 is 19.9 Å². The number of carbonyl (C=O) groups excluding carboxylic acids is 1. The van der Waals surface area contributed by atoms with Gasteiger partial charge in [0.05, 0.1) is 10.5 Å². The van der Waals surface area contributed by atoms with Gasteiger partial charge in [-0.1, -0.05) is 0 Å². The fourth-order valence-electron chi connectivity index (χ4n) is 1.66. The first-order valence-corrected chi connectivity index (χ1v) is 7.74. The summed E-state index contributed by atoms with van der Waals surface area (Å²) in [5, 5.41) is 11.3. The number of carboxylic acid groups (broad SMARTS) is 1. The topological polar surface area (TPSA) is 84.9 Å². The minimum absolute atomic E-state index is 0.0769. The van der Waals surface area contributed by atoms with Gasteiger partial charge in [0.25, 0.3) is 0 Å². The lowest BCUT2D eigenvalue weighted by Crippen LogP contribution is -2.40. The van der Waals surface area contributed by atoms with E-state index in [-0.39, 0.29) is 11.1 Å². The van der Waals surface area contributed by atoms with Gasteiger partial charge in [-0.25, -0.2) is 18.4 Å². The fourth-order valence-corrected chi connectivity index (χ4v) is 2.15. The third-order valence-electron chi connectivity index (χ3n) is 2.58. The molecule has 0 aliphatic heterocycles. The molecule has 0 spiro atoms. The van der Waals surface area contributed by atoms with E-state index in [9.17, 15) is 18.4 Å². The van der Waals surface area contributed by atoms with Crippen molar-refractivity contribution >= 4 is 28.0 Å². The van der Waals surface area contributed by atoms with Crippen molar-refractivity contribution in [3.05, 3.63) is 27.7 Å². The van der Waals surface area contributed by atoms with Crippen LogP contribution in [0.25, 0.3) is 0 Å². The van der Waals surface area contributed by atoms with Crippen molar-refractivity contribution in [2.45, 2.75) is 39.3 Å². The first-order chi connectivity index (χ1) is 10.9. The molecule has 1 aromatic rings. The molecule has 0 unspecified atom stereocenters. The van der Waals surface area contributed by atoms with Gasteiger partial charge in [0.15, 0.2) is 11.6 Å². The Morgan fingerprint density at radius 2 is 1.96 bits per heavy atom. The summed E-state index contributed by atoms with van der Waals surface area (Å²) in [6.07, 6.45) is -0.677. The van der Waals surface area contributed by atoms with Gasteiger partial charge in [-0.15, -0.1) is 0 Å². The van der Waals surface area contributed by atoms with E-state index in [0.29, 0.717) is 0 Å². The molecule has 0 aliphatic carbocycles. The SMILES string of the molecule is C[C@@H](COc1c(Br)cc(F)c(C(=O)O)c1F)NC(=O)OC(C)(C)C. The Kier molecular flexibility index (Phi) is 6.53. The summed E-state index contributed by atoms with van der Waals surface area (Å²) in [6, 6.07) is 0.234. The maximum atomic E-state index is 14.1. The van der Waals surface area contributed by atoms with Gasteiger partial charge in [0.1, 0.15) is 23.6 Å². The molecule has 0 aliphatic rings. The first kappa shape index (κ1) is 20.1. The van der Waals surface area contributed by atoms with Crippen molar-refractivity contribution in [3.8, 4) is 5.75 Å². The number of carbonyl (C=O) groups is 2. The third kappa shape index (κ3) is 5.63. The Morgan fingerprint density at radius 1 is 1.38 bits per heavy atom. The van der Waals surface area contributed by atoms with Crippen molar-refractivity contribution in [2.24, 2.45) is 0 Å². The number of halogens is 3. The average Bonchev–Trinajstić information content (AvgIpc) is 2.34. The van der Waals surface area contributed by atoms with Crippen LogP contribution in [0.4, 0.5) is 13.6 Å². The van der Waals surface area contributed by atoms with Crippen molar-refractivity contribution in [1.29, 1.82) is 0 Å². The van der Waals surface area contributed by atoms with Crippen molar-refractivity contribution < 1.29 is 33.0 Å². The van der Waals surface area contributed by atoms with E-state index in [2.05, 4.69) is 21.2 Å². The predicted molar refractivity (Wildman–Crippen MR) is 85.3 cm³/mol. The number of rotatable bonds is 5. The smallest absolute Gasteiger partial charge is 0.407 e. The van der Waals surface area contributed by atoms with Gasteiger partial charge >= 0.3 is 12.1 Å². The molecule has 0 aromatic heterocycles. The number of aromatic carboxylic acids is 1. The maximum Gasteiger partial charge on any atom is 0.407 e. The van der Waals surface area contributed by atoms with Crippen LogP contribution in [-0.4, -0.2) is 35.4 Å². The number of ether oxygens (including phenoxy) is 2. The molecular weight excluding hydrogens is 392 g/mol. The number of hydrogen-bond acceptors (Lipinski definition) is 4. The number of amides is 1. The summed E-state index contributed by atoms with van der Waals surface area (Å²) in [4.78, 5) is 22.5. The van der Waals surface area contributed by atoms with Crippen LogP contribution in [0.15, 0.2) is 10.5 Å².